The summed E-state index contributed by atoms with van der Waals surface area (Å²) in [5.41, 5.74) is 11.4. The lowest BCUT2D eigenvalue weighted by Crippen LogP contribution is -2.17. The highest BCUT2D eigenvalue weighted by Gasteiger charge is 2.14. The first-order chi connectivity index (χ1) is 3.18. The number of hydrogen-bond acceptors (Lipinski definition) is 4. The molecule has 0 bridgehead atoms. The molecular weight excluding hydrogens is 117 g/mol. The van der Waals surface area contributed by atoms with Gasteiger partial charge in [-0.2, -0.15) is 5.84 Å². The van der Waals surface area contributed by atoms with Crippen LogP contribution in [0.1, 0.15) is 0 Å². The van der Waals surface area contributed by atoms with Crippen LogP contribution in [0.25, 0.3) is 0 Å². The van der Waals surface area contributed by atoms with Gasteiger partial charge in [0.1, 0.15) is 0 Å². The van der Waals surface area contributed by atoms with E-state index in [1.54, 1.807) is 0 Å². The monoisotopic (exact) mass is 124 g/mol. The lowest BCUT2D eigenvalue weighted by atomic mass is 12.8. The Balaban J connectivity index is 3.34. The van der Waals surface area contributed by atoms with E-state index in [1.165, 1.54) is 0 Å². The summed E-state index contributed by atoms with van der Waals surface area (Å²) in [6.45, 7) is 0. The molecule has 0 fully saturated rings. The van der Waals surface area contributed by atoms with Gasteiger partial charge in [-0.15, -0.1) is 0 Å². The highest BCUT2D eigenvalue weighted by molar-refractivity contribution is 7.42. The van der Waals surface area contributed by atoms with Gasteiger partial charge in [0, 0.05) is 4.58 Å². The summed E-state index contributed by atoms with van der Waals surface area (Å²) in [5.74, 6) is 9.28. The number of nitrogens with two attached hydrogens (primary N) is 3. The zero-order valence-corrected chi connectivity index (χ0v) is 4.43. The van der Waals surface area contributed by atoms with E-state index in [2.05, 4.69) is 10.5 Å². The summed E-state index contributed by atoms with van der Waals surface area (Å²) >= 11 is 0. The molecule has 0 aliphatic carbocycles. The van der Waals surface area contributed by atoms with Crippen LogP contribution in [-0.2, 0) is 4.62 Å². The number of hydrazine groups is 1. The molecule has 0 rings (SSSR count). The number of nitrogens with one attached hydrogen (secondary N) is 1. The zero-order valence-electron chi connectivity index (χ0n) is 3.53. The molecule has 0 aliphatic rings. The lowest BCUT2D eigenvalue weighted by Gasteiger charge is -1.90. The maximum Gasteiger partial charge on any atom is 0.493 e. The van der Waals surface area contributed by atoms with Crippen molar-refractivity contribution in [1.29, 1.82) is 5.53 Å². The maximum atomic E-state index is 6.49. The molecule has 0 aromatic rings. The number of nitrogens with zero attached hydrogens (tertiary/aromatic N) is 1. The van der Waals surface area contributed by atoms with Gasteiger partial charge in [-0.3, -0.25) is 0 Å². The van der Waals surface area contributed by atoms with E-state index in [-0.39, 0.29) is 0 Å². The minimum absolute atomic E-state index is 0.468. The Labute approximate surface area is 41.6 Å². The standard InChI is InChI=1S/H7N5OP/c1-5(2)7(4)6-3/h3-4H2,(H3,1,2)/q+1. The van der Waals surface area contributed by atoms with Crippen molar-refractivity contribution >= 4 is 8.45 Å². The van der Waals surface area contributed by atoms with Gasteiger partial charge in [-0.1, -0.05) is 0 Å². The minimum atomic E-state index is -1.58. The van der Waals surface area contributed by atoms with Crippen molar-refractivity contribution < 1.29 is 9.20 Å². The average molecular weight is 124 g/mol. The second-order valence-corrected chi connectivity index (χ2v) is 2.00. The molecule has 6 nitrogen and oxygen atoms in total. The second-order valence-electron chi connectivity index (χ2n) is 0.753. The fourth-order valence-corrected chi connectivity index (χ4v) is 0.152. The van der Waals surface area contributed by atoms with Crippen LogP contribution in [0.15, 0.2) is 0 Å². The Hall–Kier alpha value is -0.290. The summed E-state index contributed by atoms with van der Waals surface area (Å²) in [5, 5.41) is 0. The molecule has 1 atom stereocenters. The summed E-state index contributed by atoms with van der Waals surface area (Å²) in [7, 11) is -1.58. The van der Waals surface area contributed by atoms with E-state index in [4.69, 9.17) is 16.9 Å². The molecule has 0 aliphatic heterocycles. The molecule has 0 aromatic heterocycles. The van der Waals surface area contributed by atoms with Crippen molar-refractivity contribution in [1.82, 2.24) is 0 Å². The topological polar surface area (TPSA) is 114 Å². The smallest absolute Gasteiger partial charge is 0.223 e. The molecule has 0 aromatic carbocycles. The Kier molecular flexibility index (Phi) is 2.70. The largest absolute Gasteiger partial charge is 0.493 e. The Morgan fingerprint density at radius 2 is 2.14 bits per heavy atom. The van der Waals surface area contributed by atoms with Gasteiger partial charge in [0.15, 0.2) is 0 Å². The van der Waals surface area contributed by atoms with E-state index in [9.17, 15) is 0 Å². The van der Waals surface area contributed by atoms with Gasteiger partial charge in [0.25, 0.3) is 0 Å². The van der Waals surface area contributed by atoms with Crippen LogP contribution in [0.4, 0.5) is 0 Å². The molecule has 0 saturated heterocycles. The number of rotatable bonds is 2. The predicted octanol–water partition coefficient (Wildman–Crippen LogP) is -1.02. The first kappa shape index (κ1) is 6.71. The maximum absolute atomic E-state index is 6.49. The van der Waals surface area contributed by atoms with Crippen LogP contribution in [0.5, 0.6) is 0 Å². The van der Waals surface area contributed by atoms with Crippen molar-refractivity contribution in [3.8, 4) is 0 Å². The summed E-state index contributed by atoms with van der Waals surface area (Å²) < 4.78 is 4.44. The molecule has 0 saturated carbocycles. The molecule has 0 radical (unpaired) electrons. The van der Waals surface area contributed by atoms with E-state index < -0.39 is 8.45 Å². The lowest BCUT2D eigenvalue weighted by molar-refractivity contribution is -0.487. The van der Waals surface area contributed by atoms with E-state index >= 15 is 0 Å². The van der Waals surface area contributed by atoms with Crippen LogP contribution in [0, 0.1) is 5.53 Å². The van der Waals surface area contributed by atoms with Crippen molar-refractivity contribution in [2.75, 3.05) is 0 Å². The molecule has 0 spiro atoms. The van der Waals surface area contributed by atoms with Gasteiger partial charge >= 0.3 is 8.45 Å². The third kappa shape index (κ3) is 2.41. The van der Waals surface area contributed by atoms with Gasteiger partial charge in [-0.25, -0.2) is 16.0 Å². The van der Waals surface area contributed by atoms with Gasteiger partial charge in [-0.05, 0) is 5.53 Å². The van der Waals surface area contributed by atoms with Gasteiger partial charge in [0.05, 0.1) is 0 Å². The molecule has 0 amide bonds. The Morgan fingerprint density at radius 3 is 2.14 bits per heavy atom. The predicted molar refractivity (Wildman–Crippen MR) is 23.5 cm³/mol. The Bertz CT molecular complexity index is 70.5. The Morgan fingerprint density at radius 1 is 1.71 bits per heavy atom. The van der Waals surface area contributed by atoms with Crippen LogP contribution in [0.3, 0.4) is 0 Å². The van der Waals surface area contributed by atoms with Crippen LogP contribution in [-0.4, -0.2) is 4.58 Å². The van der Waals surface area contributed by atoms with Crippen molar-refractivity contribution in [2.24, 2.45) is 17.2 Å². The first-order valence-corrected chi connectivity index (χ1v) is 2.64. The normalized spacial score (nSPS) is 13.4. The van der Waals surface area contributed by atoms with Crippen LogP contribution < -0.4 is 17.2 Å². The highest BCUT2D eigenvalue weighted by Crippen LogP contribution is 2.19. The van der Waals surface area contributed by atoms with E-state index in [0.29, 0.717) is 4.58 Å². The summed E-state index contributed by atoms with van der Waals surface area (Å²) in [4.78, 5) is 0. The van der Waals surface area contributed by atoms with Gasteiger partial charge < -0.3 is 0 Å². The van der Waals surface area contributed by atoms with Crippen LogP contribution >= 0.6 is 8.45 Å². The average Bonchev–Trinajstić information content (AvgIpc) is 1.65. The van der Waals surface area contributed by atoms with Crippen molar-refractivity contribution in [3.63, 3.8) is 0 Å². The molecule has 0 heterocycles. The molecule has 7 N–H and O–H groups in total. The third-order valence-corrected chi connectivity index (χ3v) is 0.961. The first-order valence-electron chi connectivity index (χ1n) is 1.36. The summed E-state index contributed by atoms with van der Waals surface area (Å²) in [6, 6.07) is 0. The van der Waals surface area contributed by atoms with Crippen molar-refractivity contribution in [2.45, 2.75) is 0 Å². The number of hydrogen-bond donors (Lipinski definition) is 4. The molecular formula is H7N5OP+. The SMILES string of the molecule is N=[N+](N)P(N)ON. The summed E-state index contributed by atoms with van der Waals surface area (Å²) in [6.07, 6.45) is 0. The second kappa shape index (κ2) is 2.81. The highest BCUT2D eigenvalue weighted by atomic mass is 31.2. The quantitative estimate of drug-likeness (QED) is 0.163. The minimum Gasteiger partial charge on any atom is -0.223 e. The molecule has 7 heavy (non-hydrogen) atoms. The third-order valence-electron chi connectivity index (χ3n) is 0.320. The van der Waals surface area contributed by atoms with E-state index in [1.807, 2.05) is 0 Å². The van der Waals surface area contributed by atoms with Crippen molar-refractivity contribution in [3.05, 3.63) is 0 Å². The molecule has 42 valence electrons. The fraction of sp³-hybridized carbons (Fsp3) is 0. The fourth-order valence-electron chi connectivity index (χ4n) is 0.0508. The zero-order chi connectivity index (χ0) is 5.86. The molecule has 7 heteroatoms. The van der Waals surface area contributed by atoms with E-state index in [0.717, 1.165) is 0 Å². The molecule has 1 unspecified atom stereocenters. The van der Waals surface area contributed by atoms with Gasteiger partial charge in [0.2, 0.25) is 0 Å². The van der Waals surface area contributed by atoms with Crippen LogP contribution in [0.2, 0.25) is 0 Å².